The number of carbonyl (C=O) groups is 2. The van der Waals surface area contributed by atoms with Crippen molar-refractivity contribution in [1.82, 2.24) is 9.97 Å². The van der Waals surface area contributed by atoms with Gasteiger partial charge in [-0.15, -0.1) is 0 Å². The number of primary amides is 2. The van der Waals surface area contributed by atoms with E-state index in [9.17, 15) is 9.59 Å². The highest BCUT2D eigenvalue weighted by Gasteiger charge is 2.05. The lowest BCUT2D eigenvalue weighted by Crippen LogP contribution is -2.12. The van der Waals surface area contributed by atoms with Crippen molar-refractivity contribution in [2.24, 2.45) is 11.5 Å². The van der Waals surface area contributed by atoms with Gasteiger partial charge in [0, 0.05) is 23.5 Å². The normalized spacial score (nSPS) is 9.70. The molecule has 0 aliphatic carbocycles. The molecule has 2 amide bonds. The molecule has 2 heterocycles. The van der Waals surface area contributed by atoms with Crippen molar-refractivity contribution in [3.05, 3.63) is 113 Å². The number of aromatic hydroxyl groups is 1. The average Bonchev–Trinajstić information content (AvgIpc) is 2.89. The monoisotopic (exact) mass is 524 g/mol. The van der Waals surface area contributed by atoms with Gasteiger partial charge in [-0.1, -0.05) is 35.9 Å². The van der Waals surface area contributed by atoms with Gasteiger partial charge in [0.25, 0.3) is 11.8 Å². The van der Waals surface area contributed by atoms with Crippen LogP contribution in [0.5, 0.6) is 17.2 Å². The molecule has 4 rings (SSSR count). The number of halogens is 1. The fraction of sp³-hybridized carbons (Fsp3) is 0.0769. The zero-order valence-electron chi connectivity index (χ0n) is 19.5. The minimum Gasteiger partial charge on any atom is -0.508 e. The largest absolute Gasteiger partial charge is 0.508 e. The van der Waals surface area contributed by atoms with Crippen LogP contribution in [-0.2, 0) is 13.2 Å². The SMILES string of the molecule is NC(=O)c1cc(Cl)ccn1.NC(=O)c1cc(Oc2cccc(CO)c2)ccn1.OCc1cccc(O)c1. The molecule has 7 N–H and O–H groups in total. The summed E-state index contributed by atoms with van der Waals surface area (Å²) in [6, 6.07) is 19.7. The molecule has 0 aliphatic heterocycles. The van der Waals surface area contributed by atoms with E-state index < -0.39 is 11.8 Å². The Balaban J connectivity index is 0.000000214. The number of aliphatic hydroxyl groups is 2. The standard InChI is InChI=1S/C13H12N2O3.C7H8O2.C6H5ClN2O/c14-13(17)12-7-11(4-5-15-12)18-10-3-1-2-9(6-10)8-16;8-5-6-2-1-3-7(9)4-6;7-4-1-2-9-5(3-4)6(8)10/h1-7,16H,8H2,(H2,14,17);1-4,8-9H,5H2;1-3H,(H2,8,10). The molecule has 2 aromatic heterocycles. The van der Waals surface area contributed by atoms with Crippen LogP contribution in [0.1, 0.15) is 32.1 Å². The van der Waals surface area contributed by atoms with Gasteiger partial charge in [0.1, 0.15) is 28.6 Å². The molecule has 0 fully saturated rings. The lowest BCUT2D eigenvalue weighted by atomic mass is 10.2. The van der Waals surface area contributed by atoms with E-state index in [4.69, 9.17) is 43.1 Å². The first-order valence-electron chi connectivity index (χ1n) is 10.7. The molecule has 0 saturated carbocycles. The minimum absolute atomic E-state index is 0.0194. The number of nitrogens with two attached hydrogens (primary N) is 2. The van der Waals surface area contributed by atoms with Crippen LogP contribution in [-0.4, -0.2) is 37.1 Å². The van der Waals surface area contributed by atoms with Crippen molar-refractivity contribution in [3.63, 3.8) is 0 Å². The van der Waals surface area contributed by atoms with E-state index in [1.165, 1.54) is 30.6 Å². The summed E-state index contributed by atoms with van der Waals surface area (Å²) >= 11 is 5.54. The molecule has 0 spiro atoms. The summed E-state index contributed by atoms with van der Waals surface area (Å²) in [5.74, 6) is 0.0608. The van der Waals surface area contributed by atoms with Gasteiger partial charge in [-0.25, -0.2) is 0 Å². The first-order valence-corrected chi connectivity index (χ1v) is 11.0. The Hall–Kier alpha value is -4.51. The molecule has 0 bridgehead atoms. The summed E-state index contributed by atoms with van der Waals surface area (Å²) < 4.78 is 5.55. The summed E-state index contributed by atoms with van der Waals surface area (Å²) in [5.41, 5.74) is 11.9. The second kappa shape index (κ2) is 14.8. The van der Waals surface area contributed by atoms with Crippen LogP contribution >= 0.6 is 11.6 Å². The van der Waals surface area contributed by atoms with Crippen molar-refractivity contribution < 1.29 is 29.6 Å². The molecule has 4 aromatic rings. The first-order chi connectivity index (χ1) is 17.7. The van der Waals surface area contributed by atoms with Crippen molar-refractivity contribution in [1.29, 1.82) is 0 Å². The Kier molecular flexibility index (Phi) is 11.5. The van der Waals surface area contributed by atoms with Crippen LogP contribution in [0.2, 0.25) is 5.02 Å². The Bertz CT molecular complexity index is 1340. The quantitative estimate of drug-likeness (QED) is 0.255. The maximum atomic E-state index is 11.0. The fourth-order valence-corrected chi connectivity index (χ4v) is 2.81. The number of hydrogen-bond donors (Lipinski definition) is 5. The summed E-state index contributed by atoms with van der Waals surface area (Å²) in [4.78, 5) is 28.9. The van der Waals surface area contributed by atoms with E-state index in [-0.39, 0.29) is 30.4 Å². The van der Waals surface area contributed by atoms with Gasteiger partial charge >= 0.3 is 0 Å². The van der Waals surface area contributed by atoms with Gasteiger partial charge in [0.15, 0.2) is 0 Å². The highest BCUT2D eigenvalue weighted by atomic mass is 35.5. The maximum Gasteiger partial charge on any atom is 0.267 e. The fourth-order valence-electron chi connectivity index (χ4n) is 2.65. The number of ether oxygens (including phenoxy) is 1. The number of phenolic OH excluding ortho intramolecular Hbond substituents is 1. The van der Waals surface area contributed by atoms with Crippen LogP contribution < -0.4 is 16.2 Å². The van der Waals surface area contributed by atoms with Gasteiger partial charge in [-0.3, -0.25) is 19.6 Å². The number of phenols is 1. The van der Waals surface area contributed by atoms with Gasteiger partial charge in [-0.05, 0) is 53.6 Å². The average molecular weight is 525 g/mol. The molecule has 11 heteroatoms. The van der Waals surface area contributed by atoms with Crippen molar-refractivity contribution in [3.8, 4) is 17.2 Å². The van der Waals surface area contributed by atoms with Gasteiger partial charge in [0.2, 0.25) is 0 Å². The van der Waals surface area contributed by atoms with Gasteiger partial charge in [-0.2, -0.15) is 0 Å². The second-order valence-corrected chi connectivity index (χ2v) is 7.64. The molecule has 0 atom stereocenters. The predicted octanol–water partition coefficient (Wildman–Crippen LogP) is 3.18. The molecular formula is C26H25ClN4O6. The summed E-state index contributed by atoms with van der Waals surface area (Å²) in [6.07, 6.45) is 2.88. The summed E-state index contributed by atoms with van der Waals surface area (Å²) in [7, 11) is 0. The van der Waals surface area contributed by atoms with Gasteiger partial charge in [0.05, 0.1) is 13.2 Å². The zero-order chi connectivity index (χ0) is 27.2. The molecule has 0 unspecified atom stereocenters. The third-order valence-corrected chi connectivity index (χ3v) is 4.60. The molecule has 192 valence electrons. The Morgan fingerprint density at radius 3 is 1.81 bits per heavy atom. The Morgan fingerprint density at radius 1 is 0.757 bits per heavy atom. The van der Waals surface area contributed by atoms with E-state index >= 15 is 0 Å². The maximum absolute atomic E-state index is 11.0. The predicted molar refractivity (Wildman–Crippen MR) is 137 cm³/mol. The molecular weight excluding hydrogens is 500 g/mol. The number of aliphatic hydroxyl groups excluding tert-OH is 2. The Morgan fingerprint density at radius 2 is 1.30 bits per heavy atom. The molecule has 2 aromatic carbocycles. The number of aromatic nitrogens is 2. The number of nitrogens with zero attached hydrogens (tertiary/aromatic N) is 2. The van der Waals surface area contributed by atoms with Crippen molar-refractivity contribution in [2.45, 2.75) is 13.2 Å². The number of pyridine rings is 2. The lowest BCUT2D eigenvalue weighted by molar-refractivity contribution is 0.0987. The molecule has 0 aliphatic rings. The zero-order valence-corrected chi connectivity index (χ0v) is 20.2. The van der Waals surface area contributed by atoms with E-state index in [0.717, 1.165) is 11.1 Å². The Labute approximate surface area is 217 Å². The van der Waals surface area contributed by atoms with Crippen LogP contribution in [0.15, 0.2) is 85.2 Å². The molecule has 0 radical (unpaired) electrons. The smallest absolute Gasteiger partial charge is 0.267 e. The first kappa shape index (κ1) is 28.7. The van der Waals surface area contributed by atoms with E-state index in [0.29, 0.717) is 16.5 Å². The van der Waals surface area contributed by atoms with Crippen molar-refractivity contribution >= 4 is 23.4 Å². The molecule has 37 heavy (non-hydrogen) atoms. The number of benzene rings is 2. The second-order valence-electron chi connectivity index (χ2n) is 7.20. The number of rotatable bonds is 6. The molecule has 10 nitrogen and oxygen atoms in total. The summed E-state index contributed by atoms with van der Waals surface area (Å²) in [6.45, 7) is -0.0749. The number of carbonyl (C=O) groups excluding carboxylic acids is 2. The van der Waals surface area contributed by atoms with E-state index in [1.54, 1.807) is 54.6 Å². The van der Waals surface area contributed by atoms with E-state index in [2.05, 4.69) is 9.97 Å². The summed E-state index contributed by atoms with van der Waals surface area (Å²) in [5, 5.41) is 26.9. The van der Waals surface area contributed by atoms with Crippen LogP contribution in [0.4, 0.5) is 0 Å². The van der Waals surface area contributed by atoms with Crippen molar-refractivity contribution in [2.75, 3.05) is 0 Å². The number of amides is 2. The lowest BCUT2D eigenvalue weighted by Gasteiger charge is -2.07. The highest BCUT2D eigenvalue weighted by molar-refractivity contribution is 6.30. The van der Waals surface area contributed by atoms with Gasteiger partial charge < -0.3 is 31.5 Å². The molecule has 0 saturated heterocycles. The highest BCUT2D eigenvalue weighted by Crippen LogP contribution is 2.22. The van der Waals surface area contributed by atoms with Crippen LogP contribution in [0.25, 0.3) is 0 Å². The minimum atomic E-state index is -0.607. The van der Waals surface area contributed by atoms with Crippen LogP contribution in [0, 0.1) is 0 Å². The van der Waals surface area contributed by atoms with E-state index in [1.807, 2.05) is 0 Å². The number of hydrogen-bond acceptors (Lipinski definition) is 8. The topological polar surface area (TPSA) is 182 Å². The third kappa shape index (κ3) is 10.3. The third-order valence-electron chi connectivity index (χ3n) is 4.37. The van der Waals surface area contributed by atoms with Crippen LogP contribution in [0.3, 0.4) is 0 Å².